The molecule has 0 unspecified atom stereocenters. The highest BCUT2D eigenvalue weighted by Gasteiger charge is 2.21. The summed E-state index contributed by atoms with van der Waals surface area (Å²) >= 11 is 1.23. The number of ether oxygens (including phenoxy) is 1. The third-order valence-electron chi connectivity index (χ3n) is 4.81. The number of aromatic nitrogens is 3. The molecule has 7 nitrogen and oxygen atoms in total. The topological polar surface area (TPSA) is 101 Å². The average Bonchev–Trinajstić information content (AvgIpc) is 3.18. The average molecular weight is 437 g/mol. The van der Waals surface area contributed by atoms with E-state index in [9.17, 15) is 9.90 Å². The van der Waals surface area contributed by atoms with Crippen molar-refractivity contribution in [1.29, 1.82) is 5.41 Å². The van der Waals surface area contributed by atoms with Crippen LogP contribution in [-0.4, -0.2) is 44.4 Å². The van der Waals surface area contributed by atoms with Gasteiger partial charge < -0.3 is 15.3 Å². The van der Waals surface area contributed by atoms with Crippen LogP contribution in [0.15, 0.2) is 65.0 Å². The number of rotatable bonds is 7. The minimum atomic E-state index is -0.744. The molecule has 3 rings (SSSR count). The predicted molar refractivity (Wildman–Crippen MR) is 122 cm³/mol. The van der Waals surface area contributed by atoms with E-state index >= 15 is 0 Å². The van der Waals surface area contributed by atoms with Crippen LogP contribution in [0.4, 0.5) is 0 Å². The van der Waals surface area contributed by atoms with Crippen molar-refractivity contribution in [2.24, 2.45) is 0 Å². The summed E-state index contributed by atoms with van der Waals surface area (Å²) in [7, 11) is 1.22. The number of carbonyl (C=O) groups excluding carboxylic acids is 1. The third-order valence-corrected chi connectivity index (χ3v) is 5.75. The number of benzene rings is 2. The number of hydrogen-bond donors (Lipinski definition) is 2. The molecule has 0 aliphatic heterocycles. The standard InChI is InChI=1S/C23H24N4O3S/c1-14-10-11-18(12-15(14)2)27-21(17-8-6-5-7-9-17)25-26-23(27)31-13-19(28)20(16(3)24)22(29)30-4/h5-12,24,28H,13H2,1-4H3. The molecule has 1 heterocycles. The monoisotopic (exact) mass is 436 g/mol. The molecule has 160 valence electrons. The van der Waals surface area contributed by atoms with Gasteiger partial charge >= 0.3 is 5.97 Å². The van der Waals surface area contributed by atoms with Gasteiger partial charge in [-0.2, -0.15) is 0 Å². The number of nitrogens with zero attached hydrogens (tertiary/aromatic N) is 3. The first-order valence-electron chi connectivity index (χ1n) is 9.60. The van der Waals surface area contributed by atoms with Crippen molar-refractivity contribution < 1.29 is 14.6 Å². The molecule has 0 spiro atoms. The van der Waals surface area contributed by atoms with E-state index in [2.05, 4.69) is 27.9 Å². The number of aliphatic hydroxyl groups excluding tert-OH is 1. The summed E-state index contributed by atoms with van der Waals surface area (Å²) in [6, 6.07) is 15.8. The molecule has 0 amide bonds. The van der Waals surface area contributed by atoms with Crippen LogP contribution in [0.2, 0.25) is 0 Å². The number of aliphatic hydroxyl groups is 1. The van der Waals surface area contributed by atoms with Crippen LogP contribution in [0.5, 0.6) is 0 Å². The molecule has 0 fully saturated rings. The smallest absolute Gasteiger partial charge is 0.343 e. The number of aryl methyl sites for hydroxylation is 2. The van der Waals surface area contributed by atoms with Crippen molar-refractivity contribution in [1.82, 2.24) is 14.8 Å². The lowest BCUT2D eigenvalue weighted by Crippen LogP contribution is -2.15. The maximum atomic E-state index is 11.9. The Morgan fingerprint density at radius 3 is 2.45 bits per heavy atom. The maximum absolute atomic E-state index is 11.9. The lowest BCUT2D eigenvalue weighted by molar-refractivity contribution is -0.135. The summed E-state index contributed by atoms with van der Waals surface area (Å²) in [5, 5.41) is 27.5. The molecular weight excluding hydrogens is 412 g/mol. The van der Waals surface area contributed by atoms with Crippen LogP contribution in [-0.2, 0) is 9.53 Å². The molecular formula is C23H24N4O3S. The van der Waals surface area contributed by atoms with Crippen molar-refractivity contribution in [2.45, 2.75) is 25.9 Å². The molecule has 1 aromatic heterocycles. The molecule has 3 aromatic rings. The highest BCUT2D eigenvalue weighted by molar-refractivity contribution is 7.99. The van der Waals surface area contributed by atoms with Crippen LogP contribution >= 0.6 is 11.8 Å². The molecule has 31 heavy (non-hydrogen) atoms. The van der Waals surface area contributed by atoms with Gasteiger partial charge in [0.2, 0.25) is 0 Å². The molecule has 0 radical (unpaired) electrons. The second kappa shape index (κ2) is 9.61. The van der Waals surface area contributed by atoms with Crippen LogP contribution in [0.3, 0.4) is 0 Å². The van der Waals surface area contributed by atoms with E-state index in [0.29, 0.717) is 11.0 Å². The number of methoxy groups -OCH3 is 1. The van der Waals surface area contributed by atoms with Crippen molar-refractivity contribution in [3.05, 3.63) is 71.0 Å². The zero-order valence-corrected chi connectivity index (χ0v) is 18.7. The molecule has 8 heteroatoms. The van der Waals surface area contributed by atoms with Crippen molar-refractivity contribution in [2.75, 3.05) is 12.9 Å². The normalized spacial score (nSPS) is 11.7. The lowest BCUT2D eigenvalue weighted by Gasteiger charge is -2.13. The first-order valence-corrected chi connectivity index (χ1v) is 10.6. The summed E-state index contributed by atoms with van der Waals surface area (Å²) < 4.78 is 6.61. The Kier molecular flexibility index (Phi) is 6.91. The zero-order chi connectivity index (χ0) is 22.5. The fraction of sp³-hybridized carbons (Fsp3) is 0.217. The van der Waals surface area contributed by atoms with Gasteiger partial charge in [0.15, 0.2) is 11.0 Å². The van der Waals surface area contributed by atoms with Gasteiger partial charge in [-0.1, -0.05) is 48.2 Å². The number of carbonyl (C=O) groups is 1. The Morgan fingerprint density at radius 2 is 1.84 bits per heavy atom. The summed E-state index contributed by atoms with van der Waals surface area (Å²) in [5.41, 5.74) is 3.91. The van der Waals surface area contributed by atoms with Gasteiger partial charge in [0.05, 0.1) is 18.6 Å². The lowest BCUT2D eigenvalue weighted by atomic mass is 10.1. The van der Waals surface area contributed by atoms with E-state index in [1.165, 1.54) is 31.4 Å². The number of hydrogen-bond acceptors (Lipinski definition) is 7. The Morgan fingerprint density at radius 1 is 1.13 bits per heavy atom. The first kappa shape index (κ1) is 22.3. The van der Waals surface area contributed by atoms with E-state index in [0.717, 1.165) is 16.8 Å². The van der Waals surface area contributed by atoms with Crippen LogP contribution < -0.4 is 0 Å². The second-order valence-electron chi connectivity index (χ2n) is 7.00. The number of nitrogens with one attached hydrogen (secondary N) is 1. The largest absolute Gasteiger partial charge is 0.510 e. The van der Waals surface area contributed by atoms with Gasteiger partial charge in [-0.05, 0) is 44.0 Å². The Bertz CT molecular complexity index is 1150. The Hall–Kier alpha value is -3.39. The van der Waals surface area contributed by atoms with Crippen molar-refractivity contribution in [3.63, 3.8) is 0 Å². The quantitative estimate of drug-likeness (QED) is 0.184. The van der Waals surface area contributed by atoms with Gasteiger partial charge in [0.1, 0.15) is 11.3 Å². The molecule has 2 N–H and O–H groups in total. The fourth-order valence-electron chi connectivity index (χ4n) is 3.03. The first-order chi connectivity index (χ1) is 14.8. The van der Waals surface area contributed by atoms with Crippen LogP contribution in [0, 0.1) is 19.3 Å². The highest BCUT2D eigenvalue weighted by Crippen LogP contribution is 2.30. The van der Waals surface area contributed by atoms with E-state index in [1.807, 2.05) is 54.0 Å². The minimum absolute atomic E-state index is 0.0401. The number of esters is 1. The summed E-state index contributed by atoms with van der Waals surface area (Å²) in [4.78, 5) is 11.9. The fourth-order valence-corrected chi connectivity index (χ4v) is 3.86. The number of thioether (sulfide) groups is 1. The molecule has 0 saturated carbocycles. The molecule has 0 aliphatic rings. The molecule has 2 aromatic carbocycles. The third kappa shape index (κ3) is 4.86. The Labute approximate surface area is 185 Å². The van der Waals surface area contributed by atoms with Crippen LogP contribution in [0.1, 0.15) is 18.1 Å². The summed E-state index contributed by atoms with van der Waals surface area (Å²) in [6.07, 6.45) is 0. The Balaban J connectivity index is 2.05. The van der Waals surface area contributed by atoms with Gasteiger partial charge in [0, 0.05) is 11.3 Å². The predicted octanol–water partition coefficient (Wildman–Crippen LogP) is 4.67. The highest BCUT2D eigenvalue weighted by atomic mass is 32.2. The van der Waals surface area contributed by atoms with E-state index < -0.39 is 5.97 Å². The molecule has 0 bridgehead atoms. The SMILES string of the molecule is COC(=O)C(C(C)=N)=C(O)CSc1nnc(-c2ccccc2)n1-c1ccc(C)c(C)c1. The van der Waals surface area contributed by atoms with Gasteiger partial charge in [-0.25, -0.2) is 4.79 Å². The second-order valence-corrected chi connectivity index (χ2v) is 7.95. The molecule has 0 aliphatic carbocycles. The maximum Gasteiger partial charge on any atom is 0.343 e. The van der Waals surface area contributed by atoms with Crippen LogP contribution in [0.25, 0.3) is 17.1 Å². The summed E-state index contributed by atoms with van der Waals surface area (Å²) in [5.74, 6) is -0.268. The van der Waals surface area contributed by atoms with Gasteiger partial charge in [-0.15, -0.1) is 10.2 Å². The van der Waals surface area contributed by atoms with E-state index in [4.69, 9.17) is 5.41 Å². The molecule has 0 saturated heterocycles. The van der Waals surface area contributed by atoms with E-state index in [1.54, 1.807) is 0 Å². The van der Waals surface area contributed by atoms with Crippen molar-refractivity contribution >= 4 is 23.4 Å². The minimum Gasteiger partial charge on any atom is -0.510 e. The van der Waals surface area contributed by atoms with E-state index in [-0.39, 0.29) is 22.8 Å². The molecule has 0 atom stereocenters. The van der Waals surface area contributed by atoms with Gasteiger partial charge in [-0.3, -0.25) is 4.57 Å². The van der Waals surface area contributed by atoms with Gasteiger partial charge in [0.25, 0.3) is 0 Å². The zero-order valence-electron chi connectivity index (χ0n) is 17.8. The van der Waals surface area contributed by atoms with Crippen molar-refractivity contribution in [3.8, 4) is 17.1 Å². The summed E-state index contributed by atoms with van der Waals surface area (Å²) in [6.45, 7) is 5.52.